The highest BCUT2D eigenvalue weighted by molar-refractivity contribution is 7.86. The number of unbranched alkanes of at least 4 members (excludes halogenated alkanes) is 9. The Bertz CT molecular complexity index is 828. The molecule has 4 nitrogen and oxygen atoms in total. The number of rotatable bonds is 12. The maximum atomic E-state index is 11.8. The molecule has 0 aliphatic rings. The molecule has 5 heteroatoms. The van der Waals surface area contributed by atoms with Gasteiger partial charge in [-0.2, -0.15) is 8.42 Å². The third-order valence-corrected chi connectivity index (χ3v) is 6.08. The van der Waals surface area contributed by atoms with Crippen molar-refractivity contribution in [2.45, 2.75) is 82.4 Å². The van der Waals surface area contributed by atoms with Crippen molar-refractivity contribution in [3.63, 3.8) is 0 Å². The standard InChI is InChI=1S/C22H32O4S/c1-2-3-4-5-6-7-8-9-10-11-15-19-17-18-14-12-13-16-20(18)21(23)22(19)27(24,25)26/h12-14,16-17,23H,2-11,15H2,1H3,(H,24,25,26). The van der Waals surface area contributed by atoms with E-state index >= 15 is 0 Å². The van der Waals surface area contributed by atoms with Gasteiger partial charge in [0.1, 0.15) is 10.6 Å². The predicted octanol–water partition coefficient (Wildman–Crippen LogP) is 6.26. The van der Waals surface area contributed by atoms with Gasteiger partial charge in [-0.1, -0.05) is 89.0 Å². The summed E-state index contributed by atoms with van der Waals surface area (Å²) in [5, 5.41) is 11.6. The molecule has 0 unspecified atom stereocenters. The summed E-state index contributed by atoms with van der Waals surface area (Å²) in [4.78, 5) is -0.336. The zero-order chi connectivity index (χ0) is 19.7. The molecule has 0 bridgehead atoms. The van der Waals surface area contributed by atoms with Crippen LogP contribution >= 0.6 is 0 Å². The summed E-state index contributed by atoms with van der Waals surface area (Å²) in [6.07, 6.45) is 12.6. The number of phenols is 1. The number of benzene rings is 2. The lowest BCUT2D eigenvalue weighted by Gasteiger charge is -2.12. The average molecular weight is 393 g/mol. The second-order valence-corrected chi connectivity index (χ2v) is 8.70. The lowest BCUT2D eigenvalue weighted by molar-refractivity contribution is 0.445. The Morgan fingerprint density at radius 1 is 0.852 bits per heavy atom. The minimum absolute atomic E-state index is 0.336. The van der Waals surface area contributed by atoms with Crippen LogP contribution in [0, 0.1) is 0 Å². The fourth-order valence-corrected chi connectivity index (χ4v) is 4.49. The predicted molar refractivity (Wildman–Crippen MR) is 111 cm³/mol. The molecular formula is C22H32O4S. The van der Waals surface area contributed by atoms with Gasteiger partial charge in [-0.05, 0) is 29.9 Å². The number of fused-ring (bicyclic) bond motifs is 1. The van der Waals surface area contributed by atoms with E-state index < -0.39 is 10.1 Å². The van der Waals surface area contributed by atoms with Gasteiger partial charge in [0.2, 0.25) is 0 Å². The second kappa shape index (κ2) is 10.7. The van der Waals surface area contributed by atoms with E-state index in [9.17, 15) is 18.1 Å². The minimum atomic E-state index is -4.47. The number of phenolic OH excluding ortho intramolecular Hbond substituents is 1. The number of aryl methyl sites for hydroxylation is 1. The van der Waals surface area contributed by atoms with Crippen LogP contribution in [0.3, 0.4) is 0 Å². The van der Waals surface area contributed by atoms with Gasteiger partial charge in [0.05, 0.1) is 0 Å². The fourth-order valence-electron chi connectivity index (χ4n) is 3.64. The van der Waals surface area contributed by atoms with Gasteiger partial charge in [0, 0.05) is 5.39 Å². The van der Waals surface area contributed by atoms with Crippen molar-refractivity contribution >= 4 is 20.9 Å². The Balaban J connectivity index is 1.91. The molecule has 0 saturated carbocycles. The molecule has 0 aliphatic carbocycles. The van der Waals surface area contributed by atoms with E-state index in [0.717, 1.165) is 24.6 Å². The lowest BCUT2D eigenvalue weighted by Crippen LogP contribution is -2.04. The van der Waals surface area contributed by atoms with Crippen LogP contribution in [0.25, 0.3) is 10.8 Å². The smallest absolute Gasteiger partial charge is 0.298 e. The van der Waals surface area contributed by atoms with Crippen LogP contribution in [-0.2, 0) is 16.5 Å². The van der Waals surface area contributed by atoms with Crippen LogP contribution in [-0.4, -0.2) is 18.1 Å². The quantitative estimate of drug-likeness (QED) is 0.330. The topological polar surface area (TPSA) is 74.6 Å². The zero-order valence-electron chi connectivity index (χ0n) is 16.3. The van der Waals surface area contributed by atoms with Crippen LogP contribution in [0.2, 0.25) is 0 Å². The normalized spacial score (nSPS) is 11.9. The Morgan fingerprint density at radius 2 is 1.41 bits per heavy atom. The molecule has 0 saturated heterocycles. The first-order chi connectivity index (χ1) is 12.9. The fraction of sp³-hybridized carbons (Fsp3) is 0.545. The summed E-state index contributed by atoms with van der Waals surface area (Å²) in [6, 6.07) is 8.84. The second-order valence-electron chi connectivity index (χ2n) is 7.34. The highest BCUT2D eigenvalue weighted by Gasteiger charge is 2.22. The number of hydrogen-bond acceptors (Lipinski definition) is 3. The molecule has 2 rings (SSSR count). The maximum absolute atomic E-state index is 11.8. The summed E-state index contributed by atoms with van der Waals surface area (Å²) in [7, 11) is -4.47. The third-order valence-electron chi connectivity index (χ3n) is 5.11. The molecule has 0 amide bonds. The first kappa shape index (κ1) is 21.7. The van der Waals surface area contributed by atoms with Crippen LogP contribution < -0.4 is 0 Å². The van der Waals surface area contributed by atoms with Crippen LogP contribution in [0.5, 0.6) is 5.75 Å². The van der Waals surface area contributed by atoms with Crippen LogP contribution in [0.15, 0.2) is 35.2 Å². The van der Waals surface area contributed by atoms with Gasteiger partial charge in [-0.3, -0.25) is 4.55 Å². The Labute approximate surface area is 163 Å². The van der Waals surface area contributed by atoms with Crippen molar-refractivity contribution < 1.29 is 18.1 Å². The third kappa shape index (κ3) is 6.51. The average Bonchev–Trinajstić information content (AvgIpc) is 2.62. The van der Waals surface area contributed by atoms with Gasteiger partial charge < -0.3 is 5.11 Å². The first-order valence-electron chi connectivity index (χ1n) is 10.2. The Kier molecular flexibility index (Phi) is 8.58. The van der Waals surface area contributed by atoms with Gasteiger partial charge in [-0.15, -0.1) is 0 Å². The number of hydrogen-bond donors (Lipinski definition) is 2. The first-order valence-corrected chi connectivity index (χ1v) is 11.6. The van der Waals surface area contributed by atoms with E-state index in [-0.39, 0.29) is 10.6 Å². The van der Waals surface area contributed by atoms with E-state index in [0.29, 0.717) is 17.4 Å². The summed E-state index contributed by atoms with van der Waals surface area (Å²) in [6.45, 7) is 2.22. The van der Waals surface area contributed by atoms with Gasteiger partial charge in [0.15, 0.2) is 0 Å². The van der Waals surface area contributed by atoms with E-state index in [2.05, 4.69) is 6.92 Å². The van der Waals surface area contributed by atoms with Crippen molar-refractivity contribution in [2.75, 3.05) is 0 Å². The van der Waals surface area contributed by atoms with Gasteiger partial charge in [-0.25, -0.2) is 0 Å². The summed E-state index contributed by atoms with van der Waals surface area (Å²) < 4.78 is 33.2. The monoisotopic (exact) mass is 392 g/mol. The molecule has 0 radical (unpaired) electrons. The molecule has 0 aromatic heterocycles. The van der Waals surface area contributed by atoms with Crippen molar-refractivity contribution in [1.29, 1.82) is 0 Å². The summed E-state index contributed by atoms with van der Waals surface area (Å²) in [5.41, 5.74) is 0.494. The largest absolute Gasteiger partial charge is 0.506 e. The zero-order valence-corrected chi connectivity index (χ0v) is 17.1. The van der Waals surface area contributed by atoms with E-state index in [4.69, 9.17) is 0 Å². The van der Waals surface area contributed by atoms with E-state index in [1.54, 1.807) is 18.2 Å². The van der Waals surface area contributed by atoms with Crippen molar-refractivity contribution in [3.05, 3.63) is 35.9 Å². The molecule has 2 N–H and O–H groups in total. The molecule has 0 atom stereocenters. The highest BCUT2D eigenvalue weighted by atomic mass is 32.2. The molecule has 27 heavy (non-hydrogen) atoms. The van der Waals surface area contributed by atoms with Gasteiger partial charge in [0.25, 0.3) is 10.1 Å². The Morgan fingerprint density at radius 3 is 2.00 bits per heavy atom. The summed E-state index contributed by atoms with van der Waals surface area (Å²) in [5.74, 6) is -0.349. The summed E-state index contributed by atoms with van der Waals surface area (Å²) >= 11 is 0. The highest BCUT2D eigenvalue weighted by Crippen LogP contribution is 2.35. The minimum Gasteiger partial charge on any atom is -0.506 e. The van der Waals surface area contributed by atoms with Crippen LogP contribution in [0.4, 0.5) is 0 Å². The molecular weight excluding hydrogens is 360 g/mol. The molecule has 0 heterocycles. The van der Waals surface area contributed by atoms with Gasteiger partial charge >= 0.3 is 0 Å². The molecule has 150 valence electrons. The molecule has 2 aromatic carbocycles. The van der Waals surface area contributed by atoms with Crippen molar-refractivity contribution in [3.8, 4) is 5.75 Å². The van der Waals surface area contributed by atoms with E-state index in [1.807, 2.05) is 12.1 Å². The molecule has 0 aliphatic heterocycles. The van der Waals surface area contributed by atoms with E-state index in [1.165, 1.54) is 44.9 Å². The SMILES string of the molecule is CCCCCCCCCCCCc1cc2ccccc2c(O)c1S(=O)(=O)O. The molecule has 2 aromatic rings. The van der Waals surface area contributed by atoms with Crippen molar-refractivity contribution in [2.24, 2.45) is 0 Å². The van der Waals surface area contributed by atoms with Crippen LogP contribution in [0.1, 0.15) is 76.7 Å². The Hall–Kier alpha value is -1.59. The molecule has 0 fully saturated rings. The van der Waals surface area contributed by atoms with Crippen molar-refractivity contribution in [1.82, 2.24) is 0 Å². The lowest BCUT2D eigenvalue weighted by atomic mass is 10.0. The number of aromatic hydroxyl groups is 1. The molecule has 0 spiro atoms. The maximum Gasteiger partial charge on any atom is 0.298 e.